The Morgan fingerprint density at radius 2 is 2.00 bits per heavy atom. The minimum atomic E-state index is -0.744. The normalized spacial score (nSPS) is 29.4. The third kappa shape index (κ3) is 1.96. The molecule has 2 aliphatic rings. The molecule has 3 nitrogen and oxygen atoms in total. The molecule has 0 radical (unpaired) electrons. The fourth-order valence-electron chi connectivity index (χ4n) is 3.70. The highest BCUT2D eigenvalue weighted by atomic mass is 16.2. The van der Waals surface area contributed by atoms with Crippen molar-refractivity contribution in [2.24, 2.45) is 11.3 Å². The summed E-state index contributed by atoms with van der Waals surface area (Å²) in [5, 5.41) is 0. The molecule has 0 N–H and O–H groups in total. The maximum absolute atomic E-state index is 12.6. The van der Waals surface area contributed by atoms with Gasteiger partial charge in [-0.05, 0) is 38.8 Å². The molecule has 1 aliphatic heterocycles. The highest BCUT2D eigenvalue weighted by Crippen LogP contribution is 2.43. The van der Waals surface area contributed by atoms with E-state index in [1.807, 2.05) is 0 Å². The second kappa shape index (κ2) is 4.72. The SMILES string of the molecule is CC(=O)C12CCCC(CN(c3ccc(C)cc3)C1)C2=O. The van der Waals surface area contributed by atoms with Crippen molar-refractivity contribution in [1.29, 1.82) is 0 Å². The zero-order chi connectivity index (χ0) is 14.3. The molecule has 2 atom stereocenters. The number of hydrogen-bond donors (Lipinski definition) is 0. The predicted molar refractivity (Wildman–Crippen MR) is 78.9 cm³/mol. The Morgan fingerprint density at radius 3 is 2.65 bits per heavy atom. The van der Waals surface area contributed by atoms with Crippen LogP contribution in [0.5, 0.6) is 0 Å². The molecule has 1 aromatic carbocycles. The van der Waals surface area contributed by atoms with Gasteiger partial charge in [0.1, 0.15) is 11.2 Å². The lowest BCUT2D eigenvalue weighted by Crippen LogP contribution is -2.59. The van der Waals surface area contributed by atoms with Crippen molar-refractivity contribution in [2.75, 3.05) is 18.0 Å². The molecule has 1 saturated heterocycles. The first kappa shape index (κ1) is 13.3. The molecule has 2 unspecified atom stereocenters. The molecule has 106 valence electrons. The summed E-state index contributed by atoms with van der Waals surface area (Å²) in [6, 6.07) is 8.35. The van der Waals surface area contributed by atoms with E-state index < -0.39 is 5.41 Å². The molecule has 1 aromatic rings. The Bertz CT molecular complexity index is 549. The number of Topliss-reactive ketones (excluding diaryl/α,β-unsaturated/α-hetero) is 2. The maximum atomic E-state index is 12.6. The highest BCUT2D eigenvalue weighted by Gasteiger charge is 2.52. The topological polar surface area (TPSA) is 37.4 Å². The van der Waals surface area contributed by atoms with Crippen LogP contribution in [0, 0.1) is 18.3 Å². The van der Waals surface area contributed by atoms with Crippen LogP contribution in [-0.4, -0.2) is 24.7 Å². The van der Waals surface area contributed by atoms with Gasteiger partial charge < -0.3 is 4.90 Å². The van der Waals surface area contributed by atoms with Crippen LogP contribution in [0.1, 0.15) is 31.7 Å². The molecule has 0 amide bonds. The quantitative estimate of drug-likeness (QED) is 0.776. The third-order valence-electron chi connectivity index (χ3n) is 4.97. The number of benzene rings is 1. The number of anilines is 1. The van der Waals surface area contributed by atoms with Crippen LogP contribution < -0.4 is 4.90 Å². The van der Waals surface area contributed by atoms with Gasteiger partial charge >= 0.3 is 0 Å². The molecule has 3 rings (SSSR count). The van der Waals surface area contributed by atoms with Gasteiger partial charge in [0.05, 0.1) is 0 Å². The number of carbonyl (C=O) groups is 2. The summed E-state index contributed by atoms with van der Waals surface area (Å²) < 4.78 is 0. The standard InChI is InChI=1S/C17H21NO2/c1-12-5-7-15(8-6-12)18-10-14-4-3-9-17(11-18,13(2)19)16(14)20/h5-8,14H,3-4,9-11H2,1-2H3. The summed E-state index contributed by atoms with van der Waals surface area (Å²) in [7, 11) is 0. The first-order chi connectivity index (χ1) is 9.53. The summed E-state index contributed by atoms with van der Waals surface area (Å²) in [6.45, 7) is 4.96. The summed E-state index contributed by atoms with van der Waals surface area (Å²) in [5.41, 5.74) is 1.61. The van der Waals surface area contributed by atoms with Crippen molar-refractivity contribution in [2.45, 2.75) is 33.1 Å². The highest BCUT2D eigenvalue weighted by molar-refractivity contribution is 6.09. The third-order valence-corrected chi connectivity index (χ3v) is 4.97. The first-order valence-electron chi connectivity index (χ1n) is 7.40. The van der Waals surface area contributed by atoms with Gasteiger partial charge in [-0.2, -0.15) is 0 Å². The average Bonchev–Trinajstić information content (AvgIpc) is 2.39. The smallest absolute Gasteiger partial charge is 0.153 e. The van der Waals surface area contributed by atoms with E-state index >= 15 is 0 Å². The molecule has 20 heavy (non-hydrogen) atoms. The van der Waals surface area contributed by atoms with E-state index in [-0.39, 0.29) is 17.5 Å². The molecule has 1 heterocycles. The van der Waals surface area contributed by atoms with Crippen LogP contribution >= 0.6 is 0 Å². The number of carbonyl (C=O) groups excluding carboxylic acids is 2. The summed E-state index contributed by atoms with van der Waals surface area (Å²) in [5.74, 6) is 0.270. The first-order valence-corrected chi connectivity index (χ1v) is 7.40. The molecule has 3 heteroatoms. The minimum Gasteiger partial charge on any atom is -0.369 e. The molecular weight excluding hydrogens is 250 g/mol. The molecule has 2 bridgehead atoms. The van der Waals surface area contributed by atoms with E-state index in [4.69, 9.17) is 0 Å². The lowest BCUT2D eigenvalue weighted by atomic mass is 9.63. The fourth-order valence-corrected chi connectivity index (χ4v) is 3.70. The van der Waals surface area contributed by atoms with Crippen molar-refractivity contribution in [3.05, 3.63) is 29.8 Å². The van der Waals surface area contributed by atoms with Crippen molar-refractivity contribution in [1.82, 2.24) is 0 Å². The van der Waals surface area contributed by atoms with Gasteiger partial charge in [0, 0.05) is 24.7 Å². The number of hydrogen-bond acceptors (Lipinski definition) is 3. The van der Waals surface area contributed by atoms with Gasteiger partial charge in [-0.1, -0.05) is 24.1 Å². The van der Waals surface area contributed by atoms with Crippen LogP contribution in [0.25, 0.3) is 0 Å². The van der Waals surface area contributed by atoms with E-state index in [9.17, 15) is 9.59 Å². The zero-order valence-electron chi connectivity index (χ0n) is 12.2. The lowest BCUT2D eigenvalue weighted by Gasteiger charge is -2.47. The van der Waals surface area contributed by atoms with Crippen molar-refractivity contribution in [3.63, 3.8) is 0 Å². The number of piperidine rings is 1. The minimum absolute atomic E-state index is 0.0303. The van der Waals surface area contributed by atoms with E-state index in [2.05, 4.69) is 36.1 Å². The van der Waals surface area contributed by atoms with Crippen LogP contribution in [0.15, 0.2) is 24.3 Å². The Kier molecular flexibility index (Phi) is 3.15. The summed E-state index contributed by atoms with van der Waals surface area (Å²) >= 11 is 0. The number of aryl methyl sites for hydroxylation is 1. The number of nitrogens with zero attached hydrogens (tertiary/aromatic N) is 1. The molecular formula is C17H21NO2. The number of ketones is 2. The molecule has 1 aliphatic carbocycles. The number of rotatable bonds is 2. The summed E-state index contributed by atoms with van der Waals surface area (Å²) in [6.07, 6.45) is 2.65. The second-order valence-electron chi connectivity index (χ2n) is 6.31. The molecule has 1 saturated carbocycles. The van der Waals surface area contributed by atoms with E-state index in [0.29, 0.717) is 6.54 Å². The summed E-state index contributed by atoms with van der Waals surface area (Å²) in [4.78, 5) is 26.9. The number of fused-ring (bicyclic) bond motifs is 2. The van der Waals surface area contributed by atoms with Crippen LogP contribution in [-0.2, 0) is 9.59 Å². The van der Waals surface area contributed by atoms with Gasteiger partial charge in [0.25, 0.3) is 0 Å². The maximum Gasteiger partial charge on any atom is 0.153 e. The van der Waals surface area contributed by atoms with Crippen molar-refractivity contribution < 1.29 is 9.59 Å². The van der Waals surface area contributed by atoms with Gasteiger partial charge in [-0.3, -0.25) is 9.59 Å². The van der Waals surface area contributed by atoms with Crippen molar-refractivity contribution in [3.8, 4) is 0 Å². The zero-order valence-corrected chi connectivity index (χ0v) is 12.2. The van der Waals surface area contributed by atoms with Crippen LogP contribution in [0.4, 0.5) is 5.69 Å². The monoisotopic (exact) mass is 271 g/mol. The average molecular weight is 271 g/mol. The van der Waals surface area contributed by atoms with Crippen LogP contribution in [0.3, 0.4) is 0 Å². The van der Waals surface area contributed by atoms with E-state index in [1.165, 1.54) is 5.56 Å². The predicted octanol–water partition coefficient (Wildman–Crippen LogP) is 2.76. The van der Waals surface area contributed by atoms with Crippen molar-refractivity contribution >= 4 is 17.3 Å². The van der Waals surface area contributed by atoms with Gasteiger partial charge in [-0.25, -0.2) is 0 Å². The molecule has 0 aromatic heterocycles. The van der Waals surface area contributed by atoms with Crippen LogP contribution in [0.2, 0.25) is 0 Å². The molecule has 0 spiro atoms. The fraction of sp³-hybridized carbons (Fsp3) is 0.529. The Morgan fingerprint density at radius 1 is 1.30 bits per heavy atom. The van der Waals surface area contributed by atoms with Gasteiger partial charge in [-0.15, -0.1) is 0 Å². The van der Waals surface area contributed by atoms with Gasteiger partial charge in [0.15, 0.2) is 5.78 Å². The van der Waals surface area contributed by atoms with E-state index in [0.717, 1.165) is 31.5 Å². The van der Waals surface area contributed by atoms with Gasteiger partial charge in [0.2, 0.25) is 0 Å². The lowest BCUT2D eigenvalue weighted by molar-refractivity contribution is -0.146. The van der Waals surface area contributed by atoms with E-state index in [1.54, 1.807) is 6.92 Å². The Labute approximate surface area is 120 Å². The largest absolute Gasteiger partial charge is 0.369 e. The Balaban J connectivity index is 1.95. The Hall–Kier alpha value is -1.64. The molecule has 2 fully saturated rings. The second-order valence-corrected chi connectivity index (χ2v) is 6.31.